The number of carboxylic acids is 1. The van der Waals surface area contributed by atoms with Crippen molar-refractivity contribution in [3.05, 3.63) is 0 Å². The average molecular weight is 300 g/mol. The number of carboxylic acid groups (broad SMARTS) is 1. The number of likely N-dealkylation sites (N-methyl/N-ethyl adjacent to an activating group) is 1. The molecule has 0 aromatic rings. The molecule has 1 N–H and O–H groups in total. The number of hydrogen-bond donors (Lipinski definition) is 1. The lowest BCUT2D eigenvalue weighted by Gasteiger charge is -2.31. The van der Waals surface area contributed by atoms with Crippen LogP contribution in [-0.2, 0) is 9.59 Å². The third-order valence-electron chi connectivity index (χ3n) is 3.69. The summed E-state index contributed by atoms with van der Waals surface area (Å²) < 4.78 is 0. The molecular weight excluding hydrogens is 268 g/mol. The Balaban J connectivity index is 0.00000191. The number of carbonyl (C=O) groups is 2. The summed E-state index contributed by atoms with van der Waals surface area (Å²) in [5, 5.41) is 8.92. The van der Waals surface area contributed by atoms with Gasteiger partial charge in [0.25, 0.3) is 0 Å². The van der Waals surface area contributed by atoms with Gasteiger partial charge < -0.3 is 10.0 Å². The average Bonchev–Trinajstić information content (AvgIpc) is 2.47. The molecule has 5 nitrogen and oxygen atoms in total. The molecule has 0 radical (unpaired) electrons. The molecule has 1 aliphatic rings. The van der Waals surface area contributed by atoms with E-state index in [2.05, 4.69) is 13.8 Å². The Morgan fingerprint density at radius 3 is 2.19 bits per heavy atom. The van der Waals surface area contributed by atoms with Crippen molar-refractivity contribution in [2.24, 2.45) is 11.8 Å². The molecule has 1 amide bonds. The van der Waals surface area contributed by atoms with Crippen molar-refractivity contribution in [3.8, 4) is 0 Å². The lowest BCUT2D eigenvalue weighted by atomic mass is 9.97. The Morgan fingerprint density at radius 1 is 1.24 bits per heavy atom. The summed E-state index contributed by atoms with van der Waals surface area (Å²) in [5.74, 6) is -0.247. The highest BCUT2D eigenvalue weighted by Gasteiger charge is 2.27. The molecule has 1 heterocycles. The van der Waals surface area contributed by atoms with Crippen molar-refractivity contribution >= 4 is 11.9 Å². The lowest BCUT2D eigenvalue weighted by molar-refractivity contribution is -0.145. The van der Waals surface area contributed by atoms with E-state index >= 15 is 0 Å². The third-order valence-corrected chi connectivity index (χ3v) is 3.69. The second-order valence-electron chi connectivity index (χ2n) is 5.91. The van der Waals surface area contributed by atoms with E-state index < -0.39 is 5.97 Å². The van der Waals surface area contributed by atoms with E-state index in [1.165, 1.54) is 0 Å². The number of likely N-dealkylation sites (tertiary alicyclic amines) is 1. The monoisotopic (exact) mass is 300 g/mol. The van der Waals surface area contributed by atoms with E-state index in [0.29, 0.717) is 38.4 Å². The van der Waals surface area contributed by atoms with Crippen LogP contribution in [0, 0.1) is 11.8 Å². The second kappa shape index (κ2) is 10.6. The predicted molar refractivity (Wildman–Crippen MR) is 85.2 cm³/mol. The summed E-state index contributed by atoms with van der Waals surface area (Å²) in [5.41, 5.74) is 0. The Kier molecular flexibility index (Phi) is 10.0. The topological polar surface area (TPSA) is 60.9 Å². The third kappa shape index (κ3) is 8.05. The van der Waals surface area contributed by atoms with Crippen molar-refractivity contribution < 1.29 is 14.7 Å². The number of hydrogen-bond acceptors (Lipinski definition) is 3. The molecular formula is C16H32N2O3. The van der Waals surface area contributed by atoms with Gasteiger partial charge in [-0.25, -0.2) is 0 Å². The minimum Gasteiger partial charge on any atom is -0.481 e. The van der Waals surface area contributed by atoms with Crippen LogP contribution in [0.3, 0.4) is 0 Å². The maximum atomic E-state index is 12.1. The highest BCUT2D eigenvalue weighted by molar-refractivity contribution is 5.78. The van der Waals surface area contributed by atoms with Gasteiger partial charge in [0.1, 0.15) is 0 Å². The van der Waals surface area contributed by atoms with Crippen molar-refractivity contribution in [2.45, 2.75) is 47.0 Å². The van der Waals surface area contributed by atoms with Crippen LogP contribution in [-0.4, -0.2) is 60.0 Å². The van der Waals surface area contributed by atoms with Gasteiger partial charge in [-0.15, -0.1) is 0 Å². The summed E-state index contributed by atoms with van der Waals surface area (Å²) in [6, 6.07) is 0. The minimum absolute atomic E-state index is 0.120. The molecule has 1 aliphatic heterocycles. The largest absolute Gasteiger partial charge is 0.481 e. The summed E-state index contributed by atoms with van der Waals surface area (Å²) in [6.07, 6.45) is 2.25. The molecule has 1 saturated heterocycles. The van der Waals surface area contributed by atoms with Gasteiger partial charge in [-0.05, 0) is 38.8 Å². The highest BCUT2D eigenvalue weighted by atomic mass is 16.4. The highest BCUT2D eigenvalue weighted by Crippen LogP contribution is 2.17. The number of rotatable bonds is 6. The first-order valence-corrected chi connectivity index (χ1v) is 8.09. The quantitative estimate of drug-likeness (QED) is 0.818. The molecule has 21 heavy (non-hydrogen) atoms. The minimum atomic E-state index is -0.735. The van der Waals surface area contributed by atoms with E-state index in [1.807, 2.05) is 25.8 Å². The van der Waals surface area contributed by atoms with Crippen LogP contribution in [0.5, 0.6) is 0 Å². The SMILES string of the molecule is CC.CC(C)CCN(C)CC(=O)N1CCC(C(=O)O)CC1. The molecule has 0 atom stereocenters. The van der Waals surface area contributed by atoms with E-state index in [-0.39, 0.29) is 11.8 Å². The van der Waals surface area contributed by atoms with Crippen LogP contribution >= 0.6 is 0 Å². The second-order valence-corrected chi connectivity index (χ2v) is 5.91. The summed E-state index contributed by atoms with van der Waals surface area (Å²) in [6.45, 7) is 10.9. The molecule has 0 saturated carbocycles. The van der Waals surface area contributed by atoms with E-state index in [4.69, 9.17) is 5.11 Å². The van der Waals surface area contributed by atoms with E-state index in [0.717, 1.165) is 13.0 Å². The van der Waals surface area contributed by atoms with E-state index in [1.54, 1.807) is 4.90 Å². The molecule has 5 heteroatoms. The van der Waals surface area contributed by atoms with Crippen LogP contribution in [0.2, 0.25) is 0 Å². The fourth-order valence-corrected chi connectivity index (χ4v) is 2.26. The molecule has 0 aliphatic carbocycles. The molecule has 1 rings (SSSR count). The number of amides is 1. The Bertz CT molecular complexity index is 311. The summed E-state index contributed by atoms with van der Waals surface area (Å²) >= 11 is 0. The maximum Gasteiger partial charge on any atom is 0.306 e. The number of nitrogens with zero attached hydrogens (tertiary/aromatic N) is 2. The molecule has 1 fully saturated rings. The molecule has 0 bridgehead atoms. The Morgan fingerprint density at radius 2 is 1.76 bits per heavy atom. The Labute approximate surface area is 129 Å². The first-order valence-electron chi connectivity index (χ1n) is 8.09. The standard InChI is InChI=1S/C14H26N2O3.C2H6/c1-11(2)4-7-15(3)10-13(17)16-8-5-12(6-9-16)14(18)19;1-2/h11-12H,4-10H2,1-3H3,(H,18,19);1-2H3. The van der Waals surface area contributed by atoms with Gasteiger partial charge in [0.2, 0.25) is 5.91 Å². The first kappa shape index (κ1) is 19.9. The number of piperidine rings is 1. The zero-order chi connectivity index (χ0) is 16.4. The smallest absolute Gasteiger partial charge is 0.306 e. The van der Waals surface area contributed by atoms with Crippen LogP contribution in [0.4, 0.5) is 0 Å². The van der Waals surface area contributed by atoms with Crippen molar-refractivity contribution in [2.75, 3.05) is 33.2 Å². The maximum absolute atomic E-state index is 12.1. The molecule has 0 spiro atoms. The van der Waals surface area contributed by atoms with Gasteiger partial charge in [-0.3, -0.25) is 14.5 Å². The molecule has 0 unspecified atom stereocenters. The summed E-state index contributed by atoms with van der Waals surface area (Å²) in [4.78, 5) is 26.8. The number of aliphatic carboxylic acids is 1. The number of carbonyl (C=O) groups excluding carboxylic acids is 1. The molecule has 0 aromatic carbocycles. The molecule has 124 valence electrons. The fraction of sp³-hybridized carbons (Fsp3) is 0.875. The zero-order valence-electron chi connectivity index (χ0n) is 14.3. The fourth-order valence-electron chi connectivity index (χ4n) is 2.26. The van der Waals surface area contributed by atoms with Gasteiger partial charge >= 0.3 is 5.97 Å². The van der Waals surface area contributed by atoms with Gasteiger partial charge in [0.05, 0.1) is 12.5 Å². The van der Waals surface area contributed by atoms with Crippen LogP contribution < -0.4 is 0 Å². The van der Waals surface area contributed by atoms with Crippen LogP contribution in [0.1, 0.15) is 47.0 Å². The van der Waals surface area contributed by atoms with Gasteiger partial charge in [0, 0.05) is 13.1 Å². The van der Waals surface area contributed by atoms with Crippen LogP contribution in [0.25, 0.3) is 0 Å². The van der Waals surface area contributed by atoms with Gasteiger partial charge in [-0.2, -0.15) is 0 Å². The normalized spacial score (nSPS) is 15.9. The summed E-state index contributed by atoms with van der Waals surface area (Å²) in [7, 11) is 1.96. The van der Waals surface area contributed by atoms with Crippen molar-refractivity contribution in [3.63, 3.8) is 0 Å². The zero-order valence-corrected chi connectivity index (χ0v) is 14.3. The molecule has 0 aromatic heterocycles. The lowest BCUT2D eigenvalue weighted by Crippen LogP contribution is -2.44. The first-order chi connectivity index (χ1) is 9.90. The Hall–Kier alpha value is -1.10. The van der Waals surface area contributed by atoms with Gasteiger partial charge in [0.15, 0.2) is 0 Å². The predicted octanol–water partition coefficient (Wildman–Crippen LogP) is 2.31. The van der Waals surface area contributed by atoms with Crippen molar-refractivity contribution in [1.29, 1.82) is 0 Å². The van der Waals surface area contributed by atoms with Gasteiger partial charge in [-0.1, -0.05) is 27.7 Å². The van der Waals surface area contributed by atoms with Crippen LogP contribution in [0.15, 0.2) is 0 Å². The van der Waals surface area contributed by atoms with E-state index in [9.17, 15) is 9.59 Å². The van der Waals surface area contributed by atoms with Crippen molar-refractivity contribution in [1.82, 2.24) is 9.80 Å².